The van der Waals surface area contributed by atoms with Gasteiger partial charge in [-0.05, 0) is 19.8 Å². The van der Waals surface area contributed by atoms with E-state index in [4.69, 9.17) is 5.11 Å². The Hall–Kier alpha value is -0.170. The Bertz CT molecular complexity index is 201. The van der Waals surface area contributed by atoms with Crippen LogP contribution in [0.15, 0.2) is 0 Å². The quantitative estimate of drug-likeness (QED) is 0.487. The number of aliphatic hydroxyl groups is 1. The molecule has 0 aliphatic rings. The molecule has 0 heterocycles. The van der Waals surface area contributed by atoms with Crippen molar-refractivity contribution in [3.05, 3.63) is 0 Å². The molecular weight excluding hydrogens is 180 g/mol. The van der Waals surface area contributed by atoms with E-state index in [1.165, 1.54) is 7.05 Å². The SMILES string of the molecule is CNS(=O)(=O)NCCCC(C)O. The summed E-state index contributed by atoms with van der Waals surface area (Å²) in [7, 11) is -1.95. The van der Waals surface area contributed by atoms with Crippen molar-refractivity contribution in [1.29, 1.82) is 0 Å². The molecule has 1 unspecified atom stereocenters. The van der Waals surface area contributed by atoms with Crippen molar-refractivity contribution in [2.45, 2.75) is 25.9 Å². The van der Waals surface area contributed by atoms with Gasteiger partial charge in [0.15, 0.2) is 0 Å². The van der Waals surface area contributed by atoms with E-state index in [9.17, 15) is 8.42 Å². The zero-order valence-corrected chi connectivity index (χ0v) is 8.19. The molecule has 0 aromatic heterocycles. The summed E-state index contributed by atoms with van der Waals surface area (Å²) in [5, 5.41) is 8.85. The lowest BCUT2D eigenvalue weighted by Gasteiger charge is -2.05. The first-order chi connectivity index (χ1) is 5.48. The zero-order chi connectivity index (χ0) is 9.61. The second kappa shape index (κ2) is 5.47. The number of rotatable bonds is 6. The van der Waals surface area contributed by atoms with Gasteiger partial charge in [-0.3, -0.25) is 0 Å². The van der Waals surface area contributed by atoms with E-state index in [0.717, 1.165) is 0 Å². The van der Waals surface area contributed by atoms with Gasteiger partial charge < -0.3 is 5.11 Å². The predicted molar refractivity (Wildman–Crippen MR) is 46.9 cm³/mol. The van der Waals surface area contributed by atoms with Crippen LogP contribution in [0.3, 0.4) is 0 Å². The van der Waals surface area contributed by atoms with Crippen molar-refractivity contribution in [2.24, 2.45) is 0 Å². The van der Waals surface area contributed by atoms with Crippen LogP contribution in [0.25, 0.3) is 0 Å². The summed E-state index contributed by atoms with van der Waals surface area (Å²) >= 11 is 0. The maximum Gasteiger partial charge on any atom is 0.276 e. The van der Waals surface area contributed by atoms with E-state index >= 15 is 0 Å². The van der Waals surface area contributed by atoms with E-state index in [1.54, 1.807) is 6.92 Å². The largest absolute Gasteiger partial charge is 0.393 e. The van der Waals surface area contributed by atoms with Crippen LogP contribution in [0, 0.1) is 0 Å². The lowest BCUT2D eigenvalue weighted by molar-refractivity contribution is 0.182. The van der Waals surface area contributed by atoms with Gasteiger partial charge in [-0.15, -0.1) is 0 Å². The van der Waals surface area contributed by atoms with Crippen LogP contribution in [0.2, 0.25) is 0 Å². The van der Waals surface area contributed by atoms with Gasteiger partial charge in [-0.1, -0.05) is 0 Å². The third-order valence-corrected chi connectivity index (χ3v) is 2.48. The molecule has 0 aliphatic carbocycles. The smallest absolute Gasteiger partial charge is 0.276 e. The summed E-state index contributed by atoms with van der Waals surface area (Å²) in [6.45, 7) is 2.03. The molecule has 5 nitrogen and oxygen atoms in total. The average molecular weight is 196 g/mol. The molecule has 0 rings (SSSR count). The molecule has 0 bridgehead atoms. The lowest BCUT2D eigenvalue weighted by Crippen LogP contribution is -2.34. The van der Waals surface area contributed by atoms with E-state index in [1.807, 2.05) is 0 Å². The zero-order valence-electron chi connectivity index (χ0n) is 7.37. The summed E-state index contributed by atoms with van der Waals surface area (Å²) in [6, 6.07) is 0. The first-order valence-corrected chi connectivity index (χ1v) is 5.32. The summed E-state index contributed by atoms with van der Waals surface area (Å²) in [6.07, 6.45) is 0.870. The van der Waals surface area contributed by atoms with Crippen molar-refractivity contribution in [2.75, 3.05) is 13.6 Å². The van der Waals surface area contributed by atoms with Crippen molar-refractivity contribution in [1.82, 2.24) is 9.44 Å². The highest BCUT2D eigenvalue weighted by atomic mass is 32.2. The van der Waals surface area contributed by atoms with E-state index < -0.39 is 10.2 Å². The van der Waals surface area contributed by atoms with Gasteiger partial charge in [0.2, 0.25) is 0 Å². The fraction of sp³-hybridized carbons (Fsp3) is 1.00. The Labute approximate surface area is 73.4 Å². The second-order valence-electron chi connectivity index (χ2n) is 2.59. The van der Waals surface area contributed by atoms with Crippen LogP contribution < -0.4 is 9.44 Å². The first kappa shape index (κ1) is 11.8. The number of aliphatic hydroxyl groups excluding tert-OH is 1. The highest BCUT2D eigenvalue weighted by Crippen LogP contribution is 1.93. The van der Waals surface area contributed by atoms with Crippen molar-refractivity contribution >= 4 is 10.2 Å². The van der Waals surface area contributed by atoms with Crippen molar-refractivity contribution in [3.8, 4) is 0 Å². The van der Waals surface area contributed by atoms with Gasteiger partial charge in [0, 0.05) is 13.6 Å². The van der Waals surface area contributed by atoms with Gasteiger partial charge in [0.1, 0.15) is 0 Å². The Morgan fingerprint density at radius 2 is 2.08 bits per heavy atom. The van der Waals surface area contributed by atoms with E-state index in [-0.39, 0.29) is 6.10 Å². The summed E-state index contributed by atoms with van der Waals surface area (Å²) < 4.78 is 26.0. The second-order valence-corrected chi connectivity index (χ2v) is 4.30. The molecule has 0 amide bonds. The van der Waals surface area contributed by atoms with Crippen molar-refractivity contribution < 1.29 is 13.5 Å². The normalized spacial score (nSPS) is 14.6. The Balaban J connectivity index is 3.45. The third kappa shape index (κ3) is 6.53. The van der Waals surface area contributed by atoms with E-state index in [2.05, 4.69) is 9.44 Å². The molecule has 0 saturated heterocycles. The molecule has 0 fully saturated rings. The monoisotopic (exact) mass is 196 g/mol. The molecule has 3 N–H and O–H groups in total. The lowest BCUT2D eigenvalue weighted by atomic mass is 10.2. The Kier molecular flexibility index (Phi) is 5.39. The third-order valence-electron chi connectivity index (χ3n) is 1.36. The van der Waals surface area contributed by atoms with E-state index in [0.29, 0.717) is 19.4 Å². The fourth-order valence-corrected chi connectivity index (χ4v) is 1.23. The molecule has 0 radical (unpaired) electrons. The van der Waals surface area contributed by atoms with Crippen LogP contribution in [-0.2, 0) is 10.2 Å². The summed E-state index contributed by atoms with van der Waals surface area (Å²) in [5.74, 6) is 0. The van der Waals surface area contributed by atoms with Crippen LogP contribution in [0.4, 0.5) is 0 Å². The maximum atomic E-state index is 10.8. The van der Waals surface area contributed by atoms with Crippen molar-refractivity contribution in [3.63, 3.8) is 0 Å². The van der Waals surface area contributed by atoms with Crippen LogP contribution in [-0.4, -0.2) is 33.2 Å². The van der Waals surface area contributed by atoms with Gasteiger partial charge in [0.05, 0.1) is 6.10 Å². The standard InChI is InChI=1S/C6H16N2O3S/c1-6(9)4-3-5-8-12(10,11)7-2/h6-9H,3-5H2,1-2H3. The van der Waals surface area contributed by atoms with Crippen LogP contribution >= 0.6 is 0 Å². The maximum absolute atomic E-state index is 10.8. The molecule has 0 aromatic carbocycles. The van der Waals surface area contributed by atoms with Gasteiger partial charge in [-0.25, -0.2) is 9.44 Å². The van der Waals surface area contributed by atoms with Crippen LogP contribution in [0.5, 0.6) is 0 Å². The molecule has 74 valence electrons. The number of hydrogen-bond acceptors (Lipinski definition) is 3. The Morgan fingerprint density at radius 1 is 1.50 bits per heavy atom. The molecule has 1 atom stereocenters. The number of nitrogens with one attached hydrogen (secondary N) is 2. The molecule has 0 aliphatic heterocycles. The summed E-state index contributed by atoms with van der Waals surface area (Å²) in [5.41, 5.74) is 0. The summed E-state index contributed by atoms with van der Waals surface area (Å²) in [4.78, 5) is 0. The highest BCUT2D eigenvalue weighted by molar-refractivity contribution is 7.87. The number of hydrogen-bond donors (Lipinski definition) is 3. The molecule has 0 saturated carbocycles. The average Bonchev–Trinajstić information content (AvgIpc) is 1.98. The molecule has 0 spiro atoms. The molecular formula is C6H16N2O3S. The van der Waals surface area contributed by atoms with Crippen LogP contribution in [0.1, 0.15) is 19.8 Å². The predicted octanol–water partition coefficient (Wildman–Crippen LogP) is -0.799. The minimum absolute atomic E-state index is 0.355. The van der Waals surface area contributed by atoms with Gasteiger partial charge in [0.25, 0.3) is 10.2 Å². The fourth-order valence-electron chi connectivity index (χ4n) is 0.676. The van der Waals surface area contributed by atoms with Gasteiger partial charge >= 0.3 is 0 Å². The molecule has 12 heavy (non-hydrogen) atoms. The molecule has 0 aromatic rings. The topological polar surface area (TPSA) is 78.4 Å². The first-order valence-electron chi connectivity index (χ1n) is 3.84. The Morgan fingerprint density at radius 3 is 2.50 bits per heavy atom. The minimum Gasteiger partial charge on any atom is -0.393 e. The van der Waals surface area contributed by atoms with Gasteiger partial charge in [-0.2, -0.15) is 8.42 Å². The minimum atomic E-state index is -3.30. The highest BCUT2D eigenvalue weighted by Gasteiger charge is 2.03. The molecule has 6 heteroatoms.